The summed E-state index contributed by atoms with van der Waals surface area (Å²) in [4.78, 5) is 11.8. The molecule has 1 fully saturated rings. The molecule has 1 amide bonds. The lowest BCUT2D eigenvalue weighted by Crippen LogP contribution is -2.35. The number of carbonyl (C=O) groups is 1. The van der Waals surface area contributed by atoms with Gasteiger partial charge in [0, 0.05) is 3.57 Å². The lowest BCUT2D eigenvalue weighted by Gasteiger charge is -2.11. The first-order valence-electron chi connectivity index (χ1n) is 5.06. The van der Waals surface area contributed by atoms with Gasteiger partial charge in [-0.25, -0.2) is 0 Å². The van der Waals surface area contributed by atoms with Crippen molar-refractivity contribution in [3.05, 3.63) is 27.8 Å². The largest absolute Gasteiger partial charge is 0.324 e. The summed E-state index contributed by atoms with van der Waals surface area (Å²) in [7, 11) is 0. The Balaban J connectivity index is 2.02. The van der Waals surface area contributed by atoms with E-state index in [2.05, 4.69) is 33.2 Å². The van der Waals surface area contributed by atoms with Gasteiger partial charge in [-0.2, -0.15) is 0 Å². The third-order valence-electron chi connectivity index (χ3n) is 2.51. The maximum atomic E-state index is 11.8. The van der Waals surface area contributed by atoms with Crippen LogP contribution in [-0.4, -0.2) is 18.5 Å². The average Bonchev–Trinajstić information content (AvgIpc) is 2.74. The highest BCUT2D eigenvalue weighted by atomic mass is 127. The van der Waals surface area contributed by atoms with Gasteiger partial charge >= 0.3 is 0 Å². The Bertz CT molecular complexity index is 361. The van der Waals surface area contributed by atoms with Crippen LogP contribution >= 0.6 is 22.6 Å². The molecule has 0 saturated carbocycles. The first-order chi connectivity index (χ1) is 7.27. The van der Waals surface area contributed by atoms with Crippen molar-refractivity contribution in [3.8, 4) is 0 Å². The normalized spacial score (nSPS) is 20.2. The summed E-state index contributed by atoms with van der Waals surface area (Å²) in [5.41, 5.74) is 0.900. The Morgan fingerprint density at radius 3 is 2.93 bits per heavy atom. The summed E-state index contributed by atoms with van der Waals surface area (Å²) in [5.74, 6) is 0.0802. The molecule has 0 radical (unpaired) electrons. The van der Waals surface area contributed by atoms with Gasteiger partial charge in [0.25, 0.3) is 0 Å². The fraction of sp³-hybridized carbons (Fsp3) is 0.364. The molecule has 15 heavy (non-hydrogen) atoms. The summed E-state index contributed by atoms with van der Waals surface area (Å²) in [6, 6.07) is 7.79. The lowest BCUT2D eigenvalue weighted by atomic mass is 10.2. The molecule has 0 spiro atoms. The van der Waals surface area contributed by atoms with Crippen molar-refractivity contribution in [1.82, 2.24) is 5.32 Å². The van der Waals surface area contributed by atoms with Crippen LogP contribution in [0.3, 0.4) is 0 Å². The van der Waals surface area contributed by atoms with Crippen LogP contribution < -0.4 is 10.6 Å². The molecule has 0 unspecified atom stereocenters. The monoisotopic (exact) mass is 316 g/mol. The molecule has 2 N–H and O–H groups in total. The van der Waals surface area contributed by atoms with Crippen molar-refractivity contribution >= 4 is 34.2 Å². The predicted octanol–water partition coefficient (Wildman–Crippen LogP) is 1.98. The number of amides is 1. The van der Waals surface area contributed by atoms with Gasteiger partial charge in [-0.15, -0.1) is 0 Å². The van der Waals surface area contributed by atoms with Gasteiger partial charge in [-0.3, -0.25) is 4.79 Å². The maximum absolute atomic E-state index is 11.8. The van der Waals surface area contributed by atoms with E-state index in [-0.39, 0.29) is 11.9 Å². The van der Waals surface area contributed by atoms with Crippen LogP contribution in [0.2, 0.25) is 0 Å². The van der Waals surface area contributed by atoms with Gasteiger partial charge in [0.1, 0.15) is 0 Å². The van der Waals surface area contributed by atoms with Crippen LogP contribution in [0.4, 0.5) is 5.69 Å². The molecule has 80 valence electrons. The quantitative estimate of drug-likeness (QED) is 0.819. The minimum atomic E-state index is -0.0130. The number of nitrogens with one attached hydrogen (secondary N) is 2. The third kappa shape index (κ3) is 2.69. The van der Waals surface area contributed by atoms with Gasteiger partial charge in [0.2, 0.25) is 5.91 Å². The van der Waals surface area contributed by atoms with E-state index in [9.17, 15) is 4.79 Å². The maximum Gasteiger partial charge on any atom is 0.241 e. The molecule has 1 saturated heterocycles. The second kappa shape index (κ2) is 4.94. The molecule has 1 aromatic rings. The Kier molecular flexibility index (Phi) is 3.58. The van der Waals surface area contributed by atoms with E-state index in [0.29, 0.717) is 0 Å². The second-order valence-electron chi connectivity index (χ2n) is 3.62. The first kappa shape index (κ1) is 10.9. The molecule has 4 heteroatoms. The molecule has 3 nitrogen and oxygen atoms in total. The van der Waals surface area contributed by atoms with E-state index in [0.717, 1.165) is 28.6 Å². The van der Waals surface area contributed by atoms with Crippen molar-refractivity contribution < 1.29 is 4.79 Å². The second-order valence-corrected chi connectivity index (χ2v) is 4.78. The van der Waals surface area contributed by atoms with Gasteiger partial charge in [0.05, 0.1) is 11.7 Å². The molecule has 1 atom stereocenters. The number of rotatable bonds is 2. The van der Waals surface area contributed by atoms with Gasteiger partial charge in [0.15, 0.2) is 0 Å². The SMILES string of the molecule is O=C(Nc1ccccc1I)[C@@H]1CCCN1. The minimum absolute atomic E-state index is 0.0130. The molecule has 1 aromatic carbocycles. The number of anilines is 1. The molecular weight excluding hydrogens is 303 g/mol. The van der Waals surface area contributed by atoms with Gasteiger partial charge < -0.3 is 10.6 Å². The standard InChI is InChI=1S/C11H13IN2O/c12-8-4-1-2-5-9(8)14-11(15)10-6-3-7-13-10/h1-2,4-5,10,13H,3,6-7H2,(H,14,15)/t10-/m0/s1. The number of benzene rings is 1. The Morgan fingerprint density at radius 2 is 2.27 bits per heavy atom. The van der Waals surface area contributed by atoms with E-state index in [1.54, 1.807) is 0 Å². The number of carbonyl (C=O) groups excluding carboxylic acids is 1. The highest BCUT2D eigenvalue weighted by molar-refractivity contribution is 14.1. The fourth-order valence-electron chi connectivity index (χ4n) is 1.69. The zero-order valence-corrected chi connectivity index (χ0v) is 10.5. The smallest absolute Gasteiger partial charge is 0.241 e. The van der Waals surface area contributed by atoms with Crippen LogP contribution in [0.25, 0.3) is 0 Å². The van der Waals surface area contributed by atoms with E-state index in [1.165, 1.54) is 0 Å². The summed E-state index contributed by atoms with van der Waals surface area (Å²) in [6.07, 6.45) is 2.03. The van der Waals surface area contributed by atoms with E-state index in [1.807, 2.05) is 24.3 Å². The number of halogens is 1. The highest BCUT2D eigenvalue weighted by Gasteiger charge is 2.22. The summed E-state index contributed by atoms with van der Waals surface area (Å²) in [6.45, 7) is 0.948. The highest BCUT2D eigenvalue weighted by Crippen LogP contribution is 2.18. The summed E-state index contributed by atoms with van der Waals surface area (Å²) >= 11 is 2.22. The Labute approximate surface area is 103 Å². The molecule has 0 bridgehead atoms. The Morgan fingerprint density at radius 1 is 1.47 bits per heavy atom. The average molecular weight is 316 g/mol. The van der Waals surface area contributed by atoms with E-state index >= 15 is 0 Å². The topological polar surface area (TPSA) is 41.1 Å². The number of hydrogen-bond acceptors (Lipinski definition) is 2. The third-order valence-corrected chi connectivity index (χ3v) is 3.45. The predicted molar refractivity (Wildman–Crippen MR) is 68.8 cm³/mol. The van der Waals surface area contributed by atoms with E-state index in [4.69, 9.17) is 0 Å². The van der Waals surface area contributed by atoms with Crippen LogP contribution in [0, 0.1) is 3.57 Å². The van der Waals surface area contributed by atoms with Crippen molar-refractivity contribution in [1.29, 1.82) is 0 Å². The van der Waals surface area contributed by atoms with Gasteiger partial charge in [-0.1, -0.05) is 12.1 Å². The summed E-state index contributed by atoms with van der Waals surface area (Å²) in [5, 5.41) is 6.12. The van der Waals surface area contributed by atoms with Crippen molar-refractivity contribution in [2.24, 2.45) is 0 Å². The van der Waals surface area contributed by atoms with Crippen LogP contribution in [-0.2, 0) is 4.79 Å². The molecule has 1 aliphatic heterocycles. The Hall–Kier alpha value is -0.620. The van der Waals surface area contributed by atoms with Crippen molar-refractivity contribution in [3.63, 3.8) is 0 Å². The molecule has 1 heterocycles. The van der Waals surface area contributed by atoms with Crippen LogP contribution in [0.15, 0.2) is 24.3 Å². The van der Waals surface area contributed by atoms with Gasteiger partial charge in [-0.05, 0) is 54.1 Å². The van der Waals surface area contributed by atoms with Crippen molar-refractivity contribution in [2.45, 2.75) is 18.9 Å². The summed E-state index contributed by atoms with van der Waals surface area (Å²) < 4.78 is 1.07. The zero-order valence-electron chi connectivity index (χ0n) is 8.29. The fourth-order valence-corrected chi connectivity index (χ4v) is 2.21. The van der Waals surface area contributed by atoms with Crippen molar-refractivity contribution in [2.75, 3.05) is 11.9 Å². The minimum Gasteiger partial charge on any atom is -0.324 e. The molecule has 2 rings (SSSR count). The molecule has 0 aromatic heterocycles. The zero-order chi connectivity index (χ0) is 10.7. The number of hydrogen-bond donors (Lipinski definition) is 2. The molecule has 1 aliphatic rings. The van der Waals surface area contributed by atoms with E-state index < -0.39 is 0 Å². The van der Waals surface area contributed by atoms with Crippen LogP contribution in [0.1, 0.15) is 12.8 Å². The number of para-hydroxylation sites is 1. The first-order valence-corrected chi connectivity index (χ1v) is 6.14. The molecule has 0 aliphatic carbocycles. The molecular formula is C11H13IN2O. The lowest BCUT2D eigenvalue weighted by molar-refractivity contribution is -0.117. The van der Waals surface area contributed by atoms with Crippen LogP contribution in [0.5, 0.6) is 0 Å².